The van der Waals surface area contributed by atoms with Crippen LogP contribution in [0.1, 0.15) is 42.6 Å². The Labute approximate surface area is 159 Å². The molecule has 0 spiro atoms. The molecule has 0 unspecified atom stereocenters. The van der Waals surface area contributed by atoms with Gasteiger partial charge in [-0.05, 0) is 44.5 Å². The molecule has 2 aromatic carbocycles. The summed E-state index contributed by atoms with van der Waals surface area (Å²) in [7, 11) is 0. The van der Waals surface area contributed by atoms with E-state index in [0.29, 0.717) is 23.4 Å². The lowest BCUT2D eigenvalue weighted by molar-refractivity contribution is -0.115. The van der Waals surface area contributed by atoms with Crippen molar-refractivity contribution < 1.29 is 9.59 Å². The molecule has 0 aromatic heterocycles. The van der Waals surface area contributed by atoms with Crippen molar-refractivity contribution in [1.82, 2.24) is 5.32 Å². The van der Waals surface area contributed by atoms with Gasteiger partial charge >= 0.3 is 0 Å². The van der Waals surface area contributed by atoms with Crippen LogP contribution in [0, 0.1) is 6.92 Å². The Morgan fingerprint density at radius 3 is 2.46 bits per heavy atom. The summed E-state index contributed by atoms with van der Waals surface area (Å²) in [4.78, 5) is 25.8. The standard InChI is InChI=1S/C21H26N2O2S/c1-4-16(3)22-21(25)18-7-5-6-8-19(18)23-20(24)13-14-26-17-11-9-15(2)10-12-17/h5-12,16H,4,13-14H2,1-3H3,(H,22,25)(H,23,24)/t16-/m1/s1. The number of carbonyl (C=O) groups is 2. The van der Waals surface area contributed by atoms with Gasteiger partial charge in [0.25, 0.3) is 5.91 Å². The lowest BCUT2D eigenvalue weighted by Gasteiger charge is -2.14. The fourth-order valence-electron chi connectivity index (χ4n) is 2.30. The van der Waals surface area contributed by atoms with Crippen LogP contribution in [-0.2, 0) is 4.79 Å². The van der Waals surface area contributed by atoms with Gasteiger partial charge in [-0.15, -0.1) is 11.8 Å². The van der Waals surface area contributed by atoms with Crippen LogP contribution >= 0.6 is 11.8 Å². The normalized spacial score (nSPS) is 11.7. The van der Waals surface area contributed by atoms with Crippen molar-refractivity contribution in [3.8, 4) is 0 Å². The van der Waals surface area contributed by atoms with E-state index >= 15 is 0 Å². The molecule has 138 valence electrons. The Balaban J connectivity index is 1.90. The fraction of sp³-hybridized carbons (Fsp3) is 0.333. The summed E-state index contributed by atoms with van der Waals surface area (Å²) < 4.78 is 0. The number of amides is 2. The van der Waals surface area contributed by atoms with Gasteiger partial charge in [0, 0.05) is 23.1 Å². The number of anilines is 1. The highest BCUT2D eigenvalue weighted by Crippen LogP contribution is 2.20. The Kier molecular flexibility index (Phi) is 7.73. The molecule has 1 atom stereocenters. The molecule has 5 heteroatoms. The molecule has 0 radical (unpaired) electrons. The topological polar surface area (TPSA) is 58.2 Å². The molecular weight excluding hydrogens is 344 g/mol. The van der Waals surface area contributed by atoms with E-state index in [0.717, 1.165) is 11.3 Å². The van der Waals surface area contributed by atoms with Crippen LogP contribution in [0.25, 0.3) is 0 Å². The molecule has 0 aliphatic carbocycles. The molecule has 4 nitrogen and oxygen atoms in total. The van der Waals surface area contributed by atoms with Crippen LogP contribution in [0.2, 0.25) is 0 Å². The first kappa shape index (κ1) is 20.0. The molecule has 0 saturated carbocycles. The zero-order valence-corrected chi connectivity index (χ0v) is 16.4. The molecule has 0 heterocycles. The number of rotatable bonds is 8. The summed E-state index contributed by atoms with van der Waals surface area (Å²) in [5, 5.41) is 5.80. The number of aryl methyl sites for hydroxylation is 1. The van der Waals surface area contributed by atoms with Gasteiger partial charge < -0.3 is 10.6 Å². The highest BCUT2D eigenvalue weighted by Gasteiger charge is 2.14. The van der Waals surface area contributed by atoms with Gasteiger partial charge in [0.2, 0.25) is 5.91 Å². The third-order valence-corrected chi connectivity index (χ3v) is 5.07. The number of carbonyl (C=O) groups excluding carboxylic acids is 2. The van der Waals surface area contributed by atoms with E-state index in [1.807, 2.05) is 19.9 Å². The second kappa shape index (κ2) is 10.0. The van der Waals surface area contributed by atoms with Gasteiger partial charge in [-0.2, -0.15) is 0 Å². The molecule has 2 N–H and O–H groups in total. The van der Waals surface area contributed by atoms with Crippen molar-refractivity contribution in [3.63, 3.8) is 0 Å². The molecule has 2 rings (SSSR count). The number of hydrogen-bond donors (Lipinski definition) is 2. The van der Waals surface area contributed by atoms with Crippen LogP contribution in [-0.4, -0.2) is 23.6 Å². The monoisotopic (exact) mass is 370 g/mol. The van der Waals surface area contributed by atoms with Gasteiger partial charge in [0.15, 0.2) is 0 Å². The van der Waals surface area contributed by atoms with Crippen LogP contribution in [0.15, 0.2) is 53.4 Å². The van der Waals surface area contributed by atoms with Gasteiger partial charge in [-0.3, -0.25) is 9.59 Å². The van der Waals surface area contributed by atoms with E-state index in [1.165, 1.54) is 5.56 Å². The van der Waals surface area contributed by atoms with Crippen molar-refractivity contribution in [1.29, 1.82) is 0 Å². The first-order valence-corrected chi connectivity index (χ1v) is 9.87. The highest BCUT2D eigenvalue weighted by molar-refractivity contribution is 7.99. The number of para-hydroxylation sites is 1. The van der Waals surface area contributed by atoms with Crippen molar-refractivity contribution in [2.24, 2.45) is 0 Å². The zero-order valence-electron chi connectivity index (χ0n) is 15.5. The van der Waals surface area contributed by atoms with E-state index < -0.39 is 0 Å². The number of thioether (sulfide) groups is 1. The summed E-state index contributed by atoms with van der Waals surface area (Å²) in [6, 6.07) is 15.5. The van der Waals surface area contributed by atoms with Crippen LogP contribution < -0.4 is 10.6 Å². The van der Waals surface area contributed by atoms with Gasteiger partial charge in [0.1, 0.15) is 0 Å². The summed E-state index contributed by atoms with van der Waals surface area (Å²) >= 11 is 1.65. The number of hydrogen-bond acceptors (Lipinski definition) is 3. The average Bonchev–Trinajstić information content (AvgIpc) is 2.63. The predicted molar refractivity (Wildman–Crippen MR) is 109 cm³/mol. The number of nitrogens with one attached hydrogen (secondary N) is 2. The van der Waals surface area contributed by atoms with Gasteiger partial charge in [-0.1, -0.05) is 36.8 Å². The quantitative estimate of drug-likeness (QED) is 0.665. The third-order valence-electron chi connectivity index (χ3n) is 4.05. The second-order valence-electron chi connectivity index (χ2n) is 6.29. The van der Waals surface area contributed by atoms with E-state index in [2.05, 4.69) is 41.8 Å². The van der Waals surface area contributed by atoms with Crippen LogP contribution in [0.3, 0.4) is 0 Å². The summed E-state index contributed by atoms with van der Waals surface area (Å²) in [6.07, 6.45) is 1.25. The Morgan fingerprint density at radius 2 is 1.77 bits per heavy atom. The maximum atomic E-state index is 12.4. The molecular formula is C21H26N2O2S. The Bertz CT molecular complexity index is 744. The fourth-order valence-corrected chi connectivity index (χ4v) is 3.15. The lowest BCUT2D eigenvalue weighted by atomic mass is 10.1. The Hall–Kier alpha value is -2.27. The summed E-state index contributed by atoms with van der Waals surface area (Å²) in [5.74, 6) is 0.438. The van der Waals surface area contributed by atoms with Crippen LogP contribution in [0.5, 0.6) is 0 Å². The summed E-state index contributed by atoms with van der Waals surface area (Å²) in [5.41, 5.74) is 2.27. The lowest BCUT2D eigenvalue weighted by Crippen LogP contribution is -2.32. The first-order chi connectivity index (χ1) is 12.5. The van der Waals surface area contributed by atoms with Crippen molar-refractivity contribution in [2.75, 3.05) is 11.1 Å². The average molecular weight is 371 g/mol. The first-order valence-electron chi connectivity index (χ1n) is 8.88. The maximum Gasteiger partial charge on any atom is 0.253 e. The smallest absolute Gasteiger partial charge is 0.253 e. The maximum absolute atomic E-state index is 12.4. The van der Waals surface area contributed by atoms with Crippen molar-refractivity contribution >= 4 is 29.3 Å². The van der Waals surface area contributed by atoms with E-state index in [4.69, 9.17) is 0 Å². The second-order valence-corrected chi connectivity index (χ2v) is 7.46. The SMILES string of the molecule is CC[C@@H](C)NC(=O)c1ccccc1NC(=O)CCSc1ccc(C)cc1. The van der Waals surface area contributed by atoms with Gasteiger partial charge in [0.05, 0.1) is 11.3 Å². The molecule has 26 heavy (non-hydrogen) atoms. The molecule has 0 aliphatic rings. The zero-order chi connectivity index (χ0) is 18.9. The highest BCUT2D eigenvalue weighted by atomic mass is 32.2. The molecule has 0 saturated heterocycles. The van der Waals surface area contributed by atoms with Crippen molar-refractivity contribution in [2.45, 2.75) is 44.6 Å². The minimum atomic E-state index is -0.163. The molecule has 0 fully saturated rings. The van der Waals surface area contributed by atoms with Crippen molar-refractivity contribution in [3.05, 3.63) is 59.7 Å². The largest absolute Gasteiger partial charge is 0.350 e. The predicted octanol–water partition coefficient (Wildman–Crippen LogP) is 4.64. The van der Waals surface area contributed by atoms with Gasteiger partial charge in [-0.25, -0.2) is 0 Å². The number of benzene rings is 2. The molecule has 0 aliphatic heterocycles. The summed E-state index contributed by atoms with van der Waals surface area (Å²) in [6.45, 7) is 6.03. The third kappa shape index (κ3) is 6.23. The molecule has 2 aromatic rings. The minimum absolute atomic E-state index is 0.0894. The molecule has 0 bridgehead atoms. The minimum Gasteiger partial charge on any atom is -0.350 e. The van der Waals surface area contributed by atoms with E-state index in [9.17, 15) is 9.59 Å². The van der Waals surface area contributed by atoms with Crippen LogP contribution in [0.4, 0.5) is 5.69 Å². The van der Waals surface area contributed by atoms with E-state index in [-0.39, 0.29) is 17.9 Å². The Morgan fingerprint density at radius 1 is 1.08 bits per heavy atom. The molecule has 2 amide bonds. The van der Waals surface area contributed by atoms with E-state index in [1.54, 1.807) is 30.0 Å².